The van der Waals surface area contributed by atoms with Crippen LogP contribution in [0.1, 0.15) is 25.7 Å². The Kier molecular flexibility index (Phi) is 8.12. The van der Waals surface area contributed by atoms with Gasteiger partial charge < -0.3 is 9.64 Å². The number of hydrogen-bond acceptors (Lipinski definition) is 3. The molecule has 0 aliphatic heterocycles. The van der Waals surface area contributed by atoms with Crippen molar-refractivity contribution in [2.24, 2.45) is 0 Å². The van der Waals surface area contributed by atoms with Crippen LogP contribution in [0.15, 0.2) is 0 Å². The summed E-state index contributed by atoms with van der Waals surface area (Å²) < 4.78 is 4.57. The van der Waals surface area contributed by atoms with Gasteiger partial charge >= 0.3 is 0 Å². The fraction of sp³-hybridized carbons (Fsp3) is 0.889. The van der Waals surface area contributed by atoms with Gasteiger partial charge in [0.15, 0.2) is 0 Å². The molecule has 0 rings (SSSR count). The van der Waals surface area contributed by atoms with E-state index in [1.807, 2.05) is 0 Å². The van der Waals surface area contributed by atoms with Gasteiger partial charge in [-0.2, -0.15) is 0 Å². The number of hydrogen-bond donors (Lipinski definition) is 0. The molecule has 0 fully saturated rings. The van der Waals surface area contributed by atoms with Crippen molar-refractivity contribution in [1.29, 1.82) is 0 Å². The largest absolute Gasteiger partial charge is 0.468 e. The predicted molar refractivity (Wildman–Crippen MR) is 49.0 cm³/mol. The highest BCUT2D eigenvalue weighted by Gasteiger charge is 1.91. The van der Waals surface area contributed by atoms with Crippen LogP contribution in [0.4, 0.5) is 0 Å². The van der Waals surface area contributed by atoms with Gasteiger partial charge in [0.2, 0.25) is 0 Å². The summed E-state index contributed by atoms with van der Waals surface area (Å²) in [5.41, 5.74) is 0. The summed E-state index contributed by atoms with van der Waals surface area (Å²) in [5.74, 6) is 0. The van der Waals surface area contributed by atoms with E-state index < -0.39 is 0 Å². The molecule has 0 heterocycles. The second-order valence-electron chi connectivity index (χ2n) is 3.18. The van der Waals surface area contributed by atoms with E-state index >= 15 is 0 Å². The molecular formula is C9H19NO2. The van der Waals surface area contributed by atoms with Crippen molar-refractivity contribution in [2.75, 3.05) is 27.2 Å². The van der Waals surface area contributed by atoms with Gasteiger partial charge in [-0.15, -0.1) is 0 Å². The lowest BCUT2D eigenvalue weighted by atomic mass is 10.2. The van der Waals surface area contributed by atoms with Gasteiger partial charge in [0, 0.05) is 0 Å². The summed E-state index contributed by atoms with van der Waals surface area (Å²) in [6.45, 7) is 2.24. The Labute approximate surface area is 74.7 Å². The molecule has 0 aromatic carbocycles. The third-order valence-electron chi connectivity index (χ3n) is 1.69. The highest BCUT2D eigenvalue weighted by Crippen LogP contribution is 1.99. The third kappa shape index (κ3) is 9.43. The molecule has 0 spiro atoms. The van der Waals surface area contributed by atoms with Crippen LogP contribution in [0.2, 0.25) is 0 Å². The first-order chi connectivity index (χ1) is 5.77. The van der Waals surface area contributed by atoms with E-state index in [1.165, 1.54) is 12.8 Å². The normalized spacial score (nSPS) is 10.2. The predicted octanol–water partition coefficient (Wildman–Crippen LogP) is 1.28. The maximum absolute atomic E-state index is 9.75. The van der Waals surface area contributed by atoms with Gasteiger partial charge in [-0.1, -0.05) is 12.8 Å². The fourth-order valence-electron chi connectivity index (χ4n) is 1.02. The lowest BCUT2D eigenvalue weighted by Gasteiger charge is -2.08. The summed E-state index contributed by atoms with van der Waals surface area (Å²) >= 11 is 0. The first-order valence-corrected chi connectivity index (χ1v) is 4.47. The van der Waals surface area contributed by atoms with E-state index in [4.69, 9.17) is 0 Å². The number of ether oxygens (including phenoxy) is 1. The van der Waals surface area contributed by atoms with Crippen LogP contribution in [-0.2, 0) is 9.53 Å². The number of rotatable bonds is 8. The monoisotopic (exact) mass is 173 g/mol. The molecule has 0 saturated heterocycles. The summed E-state index contributed by atoms with van der Waals surface area (Å²) in [5, 5.41) is 0. The zero-order valence-electron chi connectivity index (χ0n) is 8.08. The minimum Gasteiger partial charge on any atom is -0.468 e. The molecule has 0 bridgehead atoms. The van der Waals surface area contributed by atoms with Crippen molar-refractivity contribution in [3.63, 3.8) is 0 Å². The summed E-state index contributed by atoms with van der Waals surface area (Å²) in [6, 6.07) is 0. The minimum absolute atomic E-state index is 0.514. The molecule has 3 heteroatoms. The molecule has 0 amide bonds. The Balaban J connectivity index is 2.86. The van der Waals surface area contributed by atoms with Crippen molar-refractivity contribution in [3.05, 3.63) is 0 Å². The lowest BCUT2D eigenvalue weighted by Crippen LogP contribution is -2.12. The molecule has 0 atom stereocenters. The summed E-state index contributed by atoms with van der Waals surface area (Å²) in [4.78, 5) is 11.9. The fourth-order valence-corrected chi connectivity index (χ4v) is 1.02. The van der Waals surface area contributed by atoms with Crippen molar-refractivity contribution >= 4 is 6.47 Å². The van der Waals surface area contributed by atoms with Crippen molar-refractivity contribution in [1.82, 2.24) is 4.90 Å². The standard InChI is InChI=1S/C9H19NO2/c1-10(2)7-5-3-4-6-8-12-9-11/h9H,3-8H2,1-2H3. The van der Waals surface area contributed by atoms with Gasteiger partial charge in [0.25, 0.3) is 6.47 Å². The highest BCUT2D eigenvalue weighted by molar-refractivity contribution is 5.36. The average Bonchev–Trinajstić information content (AvgIpc) is 2.02. The van der Waals surface area contributed by atoms with Gasteiger partial charge in [0.05, 0.1) is 6.61 Å². The Morgan fingerprint density at radius 3 is 2.42 bits per heavy atom. The topological polar surface area (TPSA) is 29.5 Å². The van der Waals surface area contributed by atoms with Gasteiger partial charge in [-0.25, -0.2) is 0 Å². The molecule has 0 aliphatic carbocycles. The number of nitrogens with zero attached hydrogens (tertiary/aromatic N) is 1. The van der Waals surface area contributed by atoms with Crippen LogP contribution < -0.4 is 0 Å². The smallest absolute Gasteiger partial charge is 0.293 e. The van der Waals surface area contributed by atoms with E-state index in [1.54, 1.807) is 0 Å². The zero-order valence-corrected chi connectivity index (χ0v) is 8.08. The zero-order chi connectivity index (χ0) is 9.23. The lowest BCUT2D eigenvalue weighted by molar-refractivity contribution is -0.128. The van der Waals surface area contributed by atoms with Gasteiger partial charge in [-0.05, 0) is 33.5 Å². The van der Waals surface area contributed by atoms with Crippen molar-refractivity contribution in [3.8, 4) is 0 Å². The van der Waals surface area contributed by atoms with Crippen molar-refractivity contribution in [2.45, 2.75) is 25.7 Å². The highest BCUT2D eigenvalue weighted by atomic mass is 16.5. The molecule has 12 heavy (non-hydrogen) atoms. The van der Waals surface area contributed by atoms with Crippen LogP contribution in [0.25, 0.3) is 0 Å². The molecule has 0 saturated carbocycles. The Morgan fingerprint density at radius 2 is 1.83 bits per heavy atom. The number of carbonyl (C=O) groups excluding carboxylic acids is 1. The minimum atomic E-state index is 0.514. The average molecular weight is 173 g/mol. The van der Waals surface area contributed by atoms with E-state index in [9.17, 15) is 4.79 Å². The first-order valence-electron chi connectivity index (χ1n) is 4.47. The third-order valence-corrected chi connectivity index (χ3v) is 1.69. The SMILES string of the molecule is CN(C)CCCCCCOC=O. The van der Waals surface area contributed by atoms with Crippen LogP contribution in [-0.4, -0.2) is 38.6 Å². The van der Waals surface area contributed by atoms with Crippen LogP contribution in [0.5, 0.6) is 0 Å². The quantitative estimate of drug-likeness (QED) is 0.409. The molecule has 0 aromatic heterocycles. The Bertz CT molecular complexity index is 105. The second kappa shape index (κ2) is 8.53. The molecule has 3 nitrogen and oxygen atoms in total. The van der Waals surface area contributed by atoms with Crippen LogP contribution in [0, 0.1) is 0 Å². The van der Waals surface area contributed by atoms with Gasteiger partial charge in [-0.3, -0.25) is 4.79 Å². The molecule has 0 unspecified atom stereocenters. The molecule has 0 aliphatic rings. The molecule has 0 N–H and O–H groups in total. The molecule has 72 valence electrons. The van der Waals surface area contributed by atoms with E-state index in [-0.39, 0.29) is 0 Å². The van der Waals surface area contributed by atoms with Gasteiger partial charge in [0.1, 0.15) is 0 Å². The molecule has 0 aromatic rings. The number of carbonyl (C=O) groups is 1. The summed E-state index contributed by atoms with van der Waals surface area (Å²) in [6.07, 6.45) is 4.60. The van der Waals surface area contributed by atoms with E-state index in [2.05, 4.69) is 23.7 Å². The second-order valence-corrected chi connectivity index (χ2v) is 3.18. The van der Waals surface area contributed by atoms with Crippen LogP contribution in [0.3, 0.4) is 0 Å². The Hall–Kier alpha value is -0.570. The van der Waals surface area contributed by atoms with E-state index in [0.717, 1.165) is 19.4 Å². The first kappa shape index (κ1) is 11.4. The summed E-state index contributed by atoms with van der Waals surface area (Å²) in [7, 11) is 4.16. The number of unbranched alkanes of at least 4 members (excludes halogenated alkanes) is 3. The Morgan fingerprint density at radius 1 is 1.17 bits per heavy atom. The van der Waals surface area contributed by atoms with Crippen LogP contribution >= 0.6 is 0 Å². The molecular weight excluding hydrogens is 154 g/mol. The van der Waals surface area contributed by atoms with Crippen molar-refractivity contribution < 1.29 is 9.53 Å². The maximum Gasteiger partial charge on any atom is 0.293 e. The molecule has 0 radical (unpaired) electrons. The maximum atomic E-state index is 9.75. The van der Waals surface area contributed by atoms with E-state index in [0.29, 0.717) is 13.1 Å².